The van der Waals surface area contributed by atoms with Crippen LogP contribution in [-0.4, -0.2) is 36.2 Å². The molecule has 1 atom stereocenters. The standard InChI is InChI=1S/C20H24N6/c1-15-8-7-11-17(14-15)26-19(22-16-9-3-2-4-10-16)23-18(21)24-20(26)25-12-5-6-13-25/h2-4,7-11,14,19,22H,5-6,12-13H2,1H3,(H2,21,23). The maximum atomic E-state index is 6.08. The van der Waals surface area contributed by atoms with Gasteiger partial charge < -0.3 is 16.0 Å². The van der Waals surface area contributed by atoms with Gasteiger partial charge >= 0.3 is 0 Å². The van der Waals surface area contributed by atoms with Crippen LogP contribution in [-0.2, 0) is 0 Å². The monoisotopic (exact) mass is 348 g/mol. The number of anilines is 2. The molecule has 1 saturated heterocycles. The van der Waals surface area contributed by atoms with Crippen LogP contribution in [0, 0.1) is 6.92 Å². The molecule has 3 N–H and O–H groups in total. The van der Waals surface area contributed by atoms with Crippen molar-refractivity contribution in [1.82, 2.24) is 4.90 Å². The van der Waals surface area contributed by atoms with E-state index in [1.54, 1.807) is 0 Å². The topological polar surface area (TPSA) is 69.2 Å². The van der Waals surface area contributed by atoms with Crippen LogP contribution in [0.1, 0.15) is 18.4 Å². The second-order valence-corrected chi connectivity index (χ2v) is 6.69. The molecule has 0 amide bonds. The van der Waals surface area contributed by atoms with Crippen LogP contribution < -0.4 is 16.0 Å². The van der Waals surface area contributed by atoms with Crippen LogP contribution in [0.3, 0.4) is 0 Å². The number of guanidine groups is 2. The average molecular weight is 348 g/mol. The van der Waals surface area contributed by atoms with Crippen LogP contribution in [0.2, 0.25) is 0 Å². The van der Waals surface area contributed by atoms with E-state index in [0.29, 0.717) is 5.96 Å². The van der Waals surface area contributed by atoms with Crippen LogP contribution in [0.4, 0.5) is 11.4 Å². The van der Waals surface area contributed by atoms with Crippen LogP contribution in [0.5, 0.6) is 0 Å². The highest BCUT2D eigenvalue weighted by Gasteiger charge is 2.32. The first-order valence-corrected chi connectivity index (χ1v) is 9.05. The Labute approximate surface area is 154 Å². The van der Waals surface area contributed by atoms with E-state index in [2.05, 4.69) is 56.3 Å². The van der Waals surface area contributed by atoms with Crippen molar-refractivity contribution in [3.8, 4) is 0 Å². The summed E-state index contributed by atoms with van der Waals surface area (Å²) in [7, 11) is 0. The second-order valence-electron chi connectivity index (χ2n) is 6.69. The Morgan fingerprint density at radius 3 is 2.54 bits per heavy atom. The molecule has 2 aliphatic heterocycles. The first-order chi connectivity index (χ1) is 12.7. The number of benzene rings is 2. The lowest BCUT2D eigenvalue weighted by Gasteiger charge is -2.38. The Hall–Kier alpha value is -3.02. The minimum atomic E-state index is -0.340. The molecule has 1 unspecified atom stereocenters. The lowest BCUT2D eigenvalue weighted by atomic mass is 10.2. The van der Waals surface area contributed by atoms with Gasteiger partial charge in [-0.1, -0.05) is 30.3 Å². The van der Waals surface area contributed by atoms with Crippen LogP contribution >= 0.6 is 0 Å². The number of hydrogen-bond acceptors (Lipinski definition) is 6. The molecule has 1 fully saturated rings. The van der Waals surface area contributed by atoms with E-state index >= 15 is 0 Å². The van der Waals surface area contributed by atoms with Crippen molar-refractivity contribution in [2.45, 2.75) is 26.1 Å². The smallest absolute Gasteiger partial charge is 0.222 e. The summed E-state index contributed by atoms with van der Waals surface area (Å²) < 4.78 is 0. The van der Waals surface area contributed by atoms with Crippen LogP contribution in [0.15, 0.2) is 64.6 Å². The third-order valence-electron chi connectivity index (χ3n) is 4.67. The molecule has 26 heavy (non-hydrogen) atoms. The van der Waals surface area contributed by atoms with E-state index in [1.807, 2.05) is 30.3 Å². The number of hydrogen-bond donors (Lipinski definition) is 2. The number of aryl methyl sites for hydroxylation is 1. The van der Waals surface area contributed by atoms with Crippen molar-refractivity contribution in [3.05, 3.63) is 60.2 Å². The molecule has 2 heterocycles. The van der Waals surface area contributed by atoms with Gasteiger partial charge in [-0.3, -0.25) is 4.90 Å². The Morgan fingerprint density at radius 2 is 1.81 bits per heavy atom. The molecule has 134 valence electrons. The fourth-order valence-corrected chi connectivity index (χ4v) is 3.43. The SMILES string of the molecule is Cc1cccc(N2C(N3CCCC3)=NC(N)=NC2Nc2ccccc2)c1. The highest BCUT2D eigenvalue weighted by Crippen LogP contribution is 2.26. The number of nitrogens with zero attached hydrogens (tertiary/aromatic N) is 4. The minimum absolute atomic E-state index is 0.309. The van der Waals surface area contributed by atoms with Gasteiger partial charge in [0.2, 0.25) is 18.2 Å². The molecule has 2 aliphatic rings. The Balaban J connectivity index is 1.74. The van der Waals surface area contributed by atoms with Crippen LogP contribution in [0.25, 0.3) is 0 Å². The van der Waals surface area contributed by atoms with Crippen molar-refractivity contribution >= 4 is 23.3 Å². The Morgan fingerprint density at radius 1 is 1.04 bits per heavy atom. The van der Waals surface area contributed by atoms with E-state index in [-0.39, 0.29) is 6.29 Å². The second kappa shape index (κ2) is 7.07. The summed E-state index contributed by atoms with van der Waals surface area (Å²) >= 11 is 0. The summed E-state index contributed by atoms with van der Waals surface area (Å²) in [5.41, 5.74) is 9.33. The summed E-state index contributed by atoms with van der Waals surface area (Å²) in [4.78, 5) is 13.6. The lowest BCUT2D eigenvalue weighted by molar-refractivity contribution is 0.497. The molecule has 2 aromatic carbocycles. The van der Waals surface area contributed by atoms with Crippen molar-refractivity contribution in [3.63, 3.8) is 0 Å². The fraction of sp³-hybridized carbons (Fsp3) is 0.300. The van der Waals surface area contributed by atoms with Gasteiger partial charge in [0.05, 0.1) is 0 Å². The predicted molar refractivity (Wildman–Crippen MR) is 107 cm³/mol. The molecule has 6 heteroatoms. The number of likely N-dealkylation sites (tertiary alicyclic amines) is 1. The molecule has 2 aromatic rings. The third kappa shape index (κ3) is 3.35. The first-order valence-electron chi connectivity index (χ1n) is 9.05. The van der Waals surface area contributed by atoms with Gasteiger partial charge in [0.25, 0.3) is 0 Å². The van der Waals surface area contributed by atoms with Gasteiger partial charge in [-0.05, 0) is 49.6 Å². The van der Waals surface area contributed by atoms with E-state index in [4.69, 9.17) is 5.73 Å². The number of nitrogens with two attached hydrogens (primary N) is 1. The zero-order valence-corrected chi connectivity index (χ0v) is 15.0. The highest BCUT2D eigenvalue weighted by molar-refractivity contribution is 6.06. The average Bonchev–Trinajstić information content (AvgIpc) is 3.17. The third-order valence-corrected chi connectivity index (χ3v) is 4.67. The molecule has 0 saturated carbocycles. The molecule has 0 radical (unpaired) electrons. The molecule has 0 bridgehead atoms. The largest absolute Gasteiger partial charge is 0.368 e. The molecule has 4 rings (SSSR count). The first kappa shape index (κ1) is 16.4. The molecule has 0 aliphatic carbocycles. The maximum absolute atomic E-state index is 6.08. The van der Waals surface area contributed by atoms with Crippen molar-refractivity contribution in [2.24, 2.45) is 15.7 Å². The zero-order chi connectivity index (χ0) is 17.9. The number of rotatable bonds is 3. The zero-order valence-electron chi connectivity index (χ0n) is 15.0. The lowest BCUT2D eigenvalue weighted by Crippen LogP contribution is -2.54. The number of aliphatic imine (C=N–C) groups is 2. The van der Waals surface area contributed by atoms with Gasteiger partial charge in [0.1, 0.15) is 0 Å². The summed E-state index contributed by atoms with van der Waals surface area (Å²) in [6.45, 7) is 4.08. The minimum Gasteiger partial charge on any atom is -0.368 e. The summed E-state index contributed by atoms with van der Waals surface area (Å²) in [6.07, 6.45) is 2.01. The molecular formula is C20H24N6. The highest BCUT2D eigenvalue weighted by atomic mass is 15.5. The Kier molecular flexibility index (Phi) is 4.48. The quantitative estimate of drug-likeness (QED) is 0.895. The molecule has 6 nitrogen and oxygen atoms in total. The molecular weight excluding hydrogens is 324 g/mol. The molecule has 0 spiro atoms. The predicted octanol–water partition coefficient (Wildman–Crippen LogP) is 2.98. The summed E-state index contributed by atoms with van der Waals surface area (Å²) in [5, 5.41) is 3.48. The Bertz CT molecular complexity index is 823. The van der Waals surface area contributed by atoms with Gasteiger partial charge in [0.15, 0.2) is 0 Å². The van der Waals surface area contributed by atoms with E-state index < -0.39 is 0 Å². The number of nitrogens with one attached hydrogen (secondary N) is 1. The van der Waals surface area contributed by atoms with E-state index in [1.165, 1.54) is 18.4 Å². The van der Waals surface area contributed by atoms with Crippen molar-refractivity contribution < 1.29 is 0 Å². The van der Waals surface area contributed by atoms with Gasteiger partial charge in [0, 0.05) is 24.5 Å². The van der Waals surface area contributed by atoms with Gasteiger partial charge in [-0.2, -0.15) is 4.99 Å². The summed E-state index contributed by atoms with van der Waals surface area (Å²) in [6, 6.07) is 18.5. The van der Waals surface area contributed by atoms with Crippen molar-refractivity contribution in [1.29, 1.82) is 0 Å². The number of para-hydroxylation sites is 1. The maximum Gasteiger partial charge on any atom is 0.222 e. The van der Waals surface area contributed by atoms with E-state index in [9.17, 15) is 0 Å². The van der Waals surface area contributed by atoms with Crippen molar-refractivity contribution in [2.75, 3.05) is 23.3 Å². The molecule has 0 aromatic heterocycles. The van der Waals surface area contributed by atoms with Gasteiger partial charge in [-0.15, -0.1) is 0 Å². The fourth-order valence-electron chi connectivity index (χ4n) is 3.43. The van der Waals surface area contributed by atoms with Gasteiger partial charge in [-0.25, -0.2) is 4.99 Å². The summed E-state index contributed by atoms with van der Waals surface area (Å²) in [5.74, 6) is 1.18. The normalized spacial score (nSPS) is 20.0. The van der Waals surface area contributed by atoms with E-state index in [0.717, 1.165) is 30.4 Å².